The van der Waals surface area contributed by atoms with Crippen LogP contribution >= 0.6 is 0 Å². The molecular formula is C10H21N3O3S. The molecule has 100 valence electrons. The third-order valence-electron chi connectivity index (χ3n) is 2.72. The number of piperazine rings is 1. The van der Waals surface area contributed by atoms with Gasteiger partial charge in [-0.2, -0.15) is 0 Å². The lowest BCUT2D eigenvalue weighted by molar-refractivity contribution is -0.132. The Bertz CT molecular complexity index is 350. The Morgan fingerprint density at radius 3 is 2.47 bits per heavy atom. The van der Waals surface area contributed by atoms with Crippen molar-refractivity contribution in [2.45, 2.75) is 0 Å². The topological polar surface area (TPSA) is 69.7 Å². The Morgan fingerprint density at radius 2 is 1.94 bits per heavy atom. The Morgan fingerprint density at radius 1 is 1.35 bits per heavy atom. The van der Waals surface area contributed by atoms with Crippen molar-refractivity contribution in [3.05, 3.63) is 0 Å². The zero-order chi connectivity index (χ0) is 12.9. The minimum absolute atomic E-state index is 0.0718. The summed E-state index contributed by atoms with van der Waals surface area (Å²) >= 11 is 0. The van der Waals surface area contributed by atoms with Crippen LogP contribution in [0.2, 0.25) is 0 Å². The molecule has 0 radical (unpaired) electrons. The van der Waals surface area contributed by atoms with Gasteiger partial charge in [0.15, 0.2) is 0 Å². The SMILES string of the molecule is CN(CCS(C)(=O)=O)CC(=O)N1CCNCC1. The molecule has 1 fully saturated rings. The van der Waals surface area contributed by atoms with Gasteiger partial charge in [-0.15, -0.1) is 0 Å². The van der Waals surface area contributed by atoms with Gasteiger partial charge >= 0.3 is 0 Å². The van der Waals surface area contributed by atoms with Gasteiger partial charge in [-0.3, -0.25) is 9.69 Å². The van der Waals surface area contributed by atoms with E-state index in [9.17, 15) is 13.2 Å². The summed E-state index contributed by atoms with van der Waals surface area (Å²) in [5.74, 6) is 0.167. The molecule has 1 N–H and O–H groups in total. The van der Waals surface area contributed by atoms with Crippen LogP contribution in [0.15, 0.2) is 0 Å². The maximum Gasteiger partial charge on any atom is 0.236 e. The molecule has 1 amide bonds. The zero-order valence-electron chi connectivity index (χ0n) is 10.5. The van der Waals surface area contributed by atoms with Crippen LogP contribution in [0.3, 0.4) is 0 Å². The third-order valence-corrected chi connectivity index (χ3v) is 3.64. The van der Waals surface area contributed by atoms with Gasteiger partial charge in [-0.05, 0) is 7.05 Å². The van der Waals surface area contributed by atoms with Crippen LogP contribution in [0.25, 0.3) is 0 Å². The highest BCUT2D eigenvalue weighted by Gasteiger charge is 2.17. The van der Waals surface area contributed by atoms with Crippen molar-refractivity contribution in [2.24, 2.45) is 0 Å². The van der Waals surface area contributed by atoms with Gasteiger partial charge in [-0.25, -0.2) is 8.42 Å². The average Bonchev–Trinajstić information content (AvgIpc) is 2.27. The number of nitrogens with zero attached hydrogens (tertiary/aromatic N) is 2. The number of hydrogen-bond acceptors (Lipinski definition) is 5. The Balaban J connectivity index is 2.29. The molecule has 6 nitrogen and oxygen atoms in total. The molecule has 1 aliphatic rings. The van der Waals surface area contributed by atoms with Gasteiger partial charge in [-0.1, -0.05) is 0 Å². The largest absolute Gasteiger partial charge is 0.339 e. The maximum absolute atomic E-state index is 11.8. The minimum Gasteiger partial charge on any atom is -0.339 e. The van der Waals surface area contributed by atoms with E-state index < -0.39 is 9.84 Å². The summed E-state index contributed by atoms with van der Waals surface area (Å²) in [7, 11) is -1.19. The van der Waals surface area contributed by atoms with Crippen LogP contribution < -0.4 is 5.32 Å². The quantitative estimate of drug-likeness (QED) is 0.646. The van der Waals surface area contributed by atoms with Gasteiger partial charge in [0.05, 0.1) is 12.3 Å². The van der Waals surface area contributed by atoms with Crippen LogP contribution in [-0.2, 0) is 14.6 Å². The first-order chi connectivity index (χ1) is 7.88. The molecule has 0 saturated carbocycles. The van der Waals surface area contributed by atoms with Gasteiger partial charge in [0, 0.05) is 39.0 Å². The molecule has 0 unspecified atom stereocenters. The molecule has 0 atom stereocenters. The highest BCUT2D eigenvalue weighted by atomic mass is 32.2. The molecule has 1 saturated heterocycles. The van der Waals surface area contributed by atoms with E-state index in [4.69, 9.17) is 0 Å². The van der Waals surface area contributed by atoms with E-state index >= 15 is 0 Å². The summed E-state index contributed by atoms with van der Waals surface area (Å²) in [6, 6.07) is 0. The van der Waals surface area contributed by atoms with Crippen LogP contribution in [0, 0.1) is 0 Å². The molecule has 0 bridgehead atoms. The minimum atomic E-state index is -2.96. The van der Waals surface area contributed by atoms with E-state index in [0.29, 0.717) is 6.54 Å². The van der Waals surface area contributed by atoms with Gasteiger partial charge in [0.2, 0.25) is 5.91 Å². The highest BCUT2D eigenvalue weighted by molar-refractivity contribution is 7.90. The van der Waals surface area contributed by atoms with Crippen molar-refractivity contribution in [3.63, 3.8) is 0 Å². The first-order valence-electron chi connectivity index (χ1n) is 5.73. The number of carbonyl (C=O) groups excluding carboxylic acids is 1. The molecule has 0 aromatic heterocycles. The molecule has 7 heteroatoms. The zero-order valence-corrected chi connectivity index (χ0v) is 11.3. The second kappa shape index (κ2) is 6.32. The molecule has 0 aromatic rings. The summed E-state index contributed by atoms with van der Waals surface area (Å²) in [6.07, 6.45) is 1.21. The number of likely N-dealkylation sites (N-methyl/N-ethyl adjacent to an activating group) is 1. The maximum atomic E-state index is 11.8. The van der Waals surface area contributed by atoms with Crippen molar-refractivity contribution in [1.82, 2.24) is 15.1 Å². The molecular weight excluding hydrogens is 242 g/mol. The van der Waals surface area contributed by atoms with Crippen LogP contribution in [0.1, 0.15) is 0 Å². The lowest BCUT2D eigenvalue weighted by Crippen LogP contribution is -2.49. The first kappa shape index (κ1) is 14.4. The Labute approximate surface area is 103 Å². The van der Waals surface area contributed by atoms with E-state index in [1.165, 1.54) is 6.26 Å². The molecule has 1 rings (SSSR count). The summed E-state index contributed by atoms with van der Waals surface area (Å²) in [5, 5.41) is 3.18. The number of amides is 1. The molecule has 1 aliphatic heterocycles. The molecule has 0 aliphatic carbocycles. The number of nitrogens with one attached hydrogen (secondary N) is 1. The first-order valence-corrected chi connectivity index (χ1v) is 7.79. The highest BCUT2D eigenvalue weighted by Crippen LogP contribution is 1.96. The van der Waals surface area contributed by atoms with E-state index in [2.05, 4.69) is 5.32 Å². The average molecular weight is 263 g/mol. The van der Waals surface area contributed by atoms with E-state index in [-0.39, 0.29) is 18.2 Å². The van der Waals surface area contributed by atoms with Gasteiger partial charge < -0.3 is 10.2 Å². The Kier molecular flexibility index (Phi) is 5.35. The number of hydrogen-bond donors (Lipinski definition) is 1. The second-order valence-corrected chi connectivity index (χ2v) is 6.76. The van der Waals surface area contributed by atoms with Crippen LogP contribution in [-0.4, -0.2) is 82.4 Å². The fourth-order valence-corrected chi connectivity index (χ4v) is 2.29. The molecule has 17 heavy (non-hydrogen) atoms. The van der Waals surface area contributed by atoms with Crippen molar-refractivity contribution >= 4 is 15.7 Å². The molecule has 0 aromatic carbocycles. The molecule has 1 heterocycles. The van der Waals surface area contributed by atoms with Crippen LogP contribution in [0.4, 0.5) is 0 Å². The summed E-state index contributed by atoms with van der Waals surface area (Å²) in [6.45, 7) is 3.82. The van der Waals surface area contributed by atoms with Crippen molar-refractivity contribution in [1.29, 1.82) is 0 Å². The van der Waals surface area contributed by atoms with E-state index in [0.717, 1.165) is 26.2 Å². The predicted molar refractivity (Wildman–Crippen MR) is 66.7 cm³/mol. The Hall–Kier alpha value is -0.660. The van der Waals surface area contributed by atoms with E-state index in [1.807, 2.05) is 4.90 Å². The summed E-state index contributed by atoms with van der Waals surface area (Å²) in [5.41, 5.74) is 0. The van der Waals surface area contributed by atoms with Crippen molar-refractivity contribution in [2.75, 3.05) is 58.3 Å². The van der Waals surface area contributed by atoms with Gasteiger partial charge in [0.1, 0.15) is 9.84 Å². The van der Waals surface area contributed by atoms with Crippen LogP contribution in [0.5, 0.6) is 0 Å². The lowest BCUT2D eigenvalue weighted by Gasteiger charge is -2.29. The van der Waals surface area contributed by atoms with E-state index in [1.54, 1.807) is 11.9 Å². The third kappa shape index (κ3) is 5.99. The second-order valence-electron chi connectivity index (χ2n) is 4.50. The number of carbonyl (C=O) groups is 1. The van der Waals surface area contributed by atoms with Gasteiger partial charge in [0.25, 0.3) is 0 Å². The normalized spacial score (nSPS) is 17.5. The lowest BCUT2D eigenvalue weighted by atomic mass is 10.3. The number of sulfone groups is 1. The monoisotopic (exact) mass is 263 g/mol. The standard InChI is InChI=1S/C10H21N3O3S/c1-12(7-8-17(2,15)16)9-10(14)13-5-3-11-4-6-13/h11H,3-9H2,1-2H3. The van der Waals surface area contributed by atoms with Crippen molar-refractivity contribution in [3.8, 4) is 0 Å². The fourth-order valence-electron chi connectivity index (χ4n) is 1.65. The number of rotatable bonds is 5. The summed E-state index contributed by atoms with van der Waals surface area (Å²) < 4.78 is 22.0. The van der Waals surface area contributed by atoms with Crippen molar-refractivity contribution < 1.29 is 13.2 Å². The molecule has 0 spiro atoms. The summed E-state index contributed by atoms with van der Waals surface area (Å²) in [4.78, 5) is 15.4. The fraction of sp³-hybridized carbons (Fsp3) is 0.900. The predicted octanol–water partition coefficient (Wildman–Crippen LogP) is -1.61. The smallest absolute Gasteiger partial charge is 0.236 e.